The number of hydrogen-bond acceptors (Lipinski definition) is 6. The number of aromatic nitrogens is 5. The van der Waals surface area contributed by atoms with Crippen LogP contribution in [0.1, 0.15) is 19.5 Å². The van der Waals surface area contributed by atoms with E-state index < -0.39 is 0 Å². The number of aryl methyl sites for hydroxylation is 1. The molecule has 2 atom stereocenters. The van der Waals surface area contributed by atoms with Crippen molar-refractivity contribution in [3.05, 3.63) is 60.8 Å². The van der Waals surface area contributed by atoms with Gasteiger partial charge in [0.2, 0.25) is 0 Å². The van der Waals surface area contributed by atoms with Gasteiger partial charge >= 0.3 is 0 Å². The van der Waals surface area contributed by atoms with E-state index in [4.69, 9.17) is 14.7 Å². The van der Waals surface area contributed by atoms with Crippen LogP contribution in [0.3, 0.4) is 0 Å². The highest BCUT2D eigenvalue weighted by Crippen LogP contribution is 2.29. The molecule has 0 N–H and O–H groups in total. The standard InChI is InChI=1S/C23H24N6O/c1-15-4-6-19(11-25-15)29-21-12-24-9-8-20(21)27-23(29)18-5-7-22(26-10-18)28-13-16(2)30-17(3)14-28/h4-12,16-17H,13-14H2,1-3H3/t16-,17+. The third-order valence-corrected chi connectivity index (χ3v) is 5.36. The summed E-state index contributed by atoms with van der Waals surface area (Å²) in [5.41, 5.74) is 4.71. The lowest BCUT2D eigenvalue weighted by molar-refractivity contribution is -0.00545. The number of hydrogen-bond donors (Lipinski definition) is 0. The minimum absolute atomic E-state index is 0.195. The van der Waals surface area contributed by atoms with Gasteiger partial charge in [0.1, 0.15) is 11.6 Å². The Labute approximate surface area is 175 Å². The fourth-order valence-corrected chi connectivity index (χ4v) is 4.04. The molecule has 0 bridgehead atoms. The first kappa shape index (κ1) is 18.7. The molecule has 0 aromatic carbocycles. The van der Waals surface area contributed by atoms with Crippen LogP contribution in [0.15, 0.2) is 55.1 Å². The van der Waals surface area contributed by atoms with Gasteiger partial charge in [-0.15, -0.1) is 0 Å². The minimum Gasteiger partial charge on any atom is -0.372 e. The summed E-state index contributed by atoms with van der Waals surface area (Å²) in [7, 11) is 0. The van der Waals surface area contributed by atoms with Crippen LogP contribution in [0.5, 0.6) is 0 Å². The number of rotatable bonds is 3. The first-order valence-corrected chi connectivity index (χ1v) is 10.2. The maximum Gasteiger partial charge on any atom is 0.147 e. The number of ether oxygens (including phenoxy) is 1. The molecule has 30 heavy (non-hydrogen) atoms. The normalized spacial score (nSPS) is 19.4. The topological polar surface area (TPSA) is 69.0 Å². The first-order chi connectivity index (χ1) is 14.6. The monoisotopic (exact) mass is 400 g/mol. The molecular formula is C23H24N6O. The second-order valence-electron chi connectivity index (χ2n) is 7.86. The van der Waals surface area contributed by atoms with Gasteiger partial charge in [-0.05, 0) is 51.1 Å². The first-order valence-electron chi connectivity index (χ1n) is 10.2. The second-order valence-corrected chi connectivity index (χ2v) is 7.86. The van der Waals surface area contributed by atoms with Crippen LogP contribution in [-0.4, -0.2) is 49.8 Å². The van der Waals surface area contributed by atoms with Crippen molar-refractivity contribution in [1.29, 1.82) is 0 Å². The predicted octanol–water partition coefficient (Wildman–Crippen LogP) is 3.80. The fourth-order valence-electron chi connectivity index (χ4n) is 4.04. The minimum atomic E-state index is 0.195. The highest BCUT2D eigenvalue weighted by atomic mass is 16.5. The zero-order valence-electron chi connectivity index (χ0n) is 17.4. The molecule has 0 spiro atoms. The molecule has 1 fully saturated rings. The zero-order valence-corrected chi connectivity index (χ0v) is 17.4. The SMILES string of the molecule is Cc1ccc(-n2c(-c3ccc(N4C[C@@H](C)O[C@@H](C)C4)nc3)nc3ccncc32)cn1. The maximum atomic E-state index is 5.84. The highest BCUT2D eigenvalue weighted by Gasteiger charge is 2.23. The molecule has 7 heteroatoms. The van der Waals surface area contributed by atoms with Gasteiger partial charge in [-0.3, -0.25) is 14.5 Å². The number of nitrogens with zero attached hydrogens (tertiary/aromatic N) is 6. The van der Waals surface area contributed by atoms with E-state index in [9.17, 15) is 0 Å². The summed E-state index contributed by atoms with van der Waals surface area (Å²) in [6, 6.07) is 10.1. The summed E-state index contributed by atoms with van der Waals surface area (Å²) in [6.07, 6.45) is 7.75. The lowest BCUT2D eigenvalue weighted by Crippen LogP contribution is -2.45. The fraction of sp³-hybridized carbons (Fsp3) is 0.304. The summed E-state index contributed by atoms with van der Waals surface area (Å²) >= 11 is 0. The van der Waals surface area contributed by atoms with Crippen LogP contribution in [0.2, 0.25) is 0 Å². The number of pyridine rings is 3. The van der Waals surface area contributed by atoms with Crippen molar-refractivity contribution < 1.29 is 4.74 Å². The van der Waals surface area contributed by atoms with Crippen molar-refractivity contribution in [3.8, 4) is 17.1 Å². The molecule has 0 radical (unpaired) electrons. The number of imidazole rings is 1. The van der Waals surface area contributed by atoms with Crippen molar-refractivity contribution in [2.24, 2.45) is 0 Å². The highest BCUT2D eigenvalue weighted by molar-refractivity contribution is 5.82. The second kappa shape index (κ2) is 7.50. The van der Waals surface area contributed by atoms with Crippen LogP contribution in [0, 0.1) is 6.92 Å². The summed E-state index contributed by atoms with van der Waals surface area (Å²) in [6.45, 7) is 7.87. The average Bonchev–Trinajstić information content (AvgIpc) is 3.13. The Bertz CT molecular complexity index is 1160. The summed E-state index contributed by atoms with van der Waals surface area (Å²) in [5.74, 6) is 1.79. The van der Waals surface area contributed by atoms with Gasteiger partial charge in [0, 0.05) is 36.7 Å². The van der Waals surface area contributed by atoms with Gasteiger partial charge < -0.3 is 9.64 Å². The molecule has 0 unspecified atom stereocenters. The van der Waals surface area contributed by atoms with Crippen LogP contribution < -0.4 is 4.90 Å². The lowest BCUT2D eigenvalue weighted by atomic mass is 10.2. The van der Waals surface area contributed by atoms with Gasteiger partial charge in [0.25, 0.3) is 0 Å². The number of fused-ring (bicyclic) bond motifs is 1. The molecule has 152 valence electrons. The Morgan fingerprint density at radius 2 is 1.77 bits per heavy atom. The van der Waals surface area contributed by atoms with E-state index in [2.05, 4.69) is 51.5 Å². The molecule has 4 aromatic rings. The van der Waals surface area contributed by atoms with Gasteiger partial charge in [0.15, 0.2) is 0 Å². The van der Waals surface area contributed by atoms with Crippen molar-refractivity contribution >= 4 is 16.9 Å². The lowest BCUT2D eigenvalue weighted by Gasteiger charge is -2.36. The van der Waals surface area contributed by atoms with E-state index >= 15 is 0 Å². The van der Waals surface area contributed by atoms with Crippen LogP contribution in [0.4, 0.5) is 5.82 Å². The van der Waals surface area contributed by atoms with Gasteiger partial charge in [0.05, 0.1) is 41.3 Å². The summed E-state index contributed by atoms with van der Waals surface area (Å²) in [5, 5.41) is 0. The van der Waals surface area contributed by atoms with Crippen molar-refractivity contribution in [3.63, 3.8) is 0 Å². The molecule has 0 saturated carbocycles. The summed E-state index contributed by atoms with van der Waals surface area (Å²) in [4.78, 5) is 20.7. The van der Waals surface area contributed by atoms with Gasteiger partial charge in [-0.2, -0.15) is 0 Å². The number of morpholine rings is 1. The van der Waals surface area contributed by atoms with Gasteiger partial charge in [-0.25, -0.2) is 9.97 Å². The zero-order chi connectivity index (χ0) is 20.7. The van der Waals surface area contributed by atoms with Crippen molar-refractivity contribution in [2.45, 2.75) is 33.0 Å². The van der Waals surface area contributed by atoms with Gasteiger partial charge in [-0.1, -0.05) is 0 Å². The van der Waals surface area contributed by atoms with E-state index in [1.165, 1.54) is 0 Å². The average molecular weight is 400 g/mol. The maximum absolute atomic E-state index is 5.84. The Hall–Kier alpha value is -3.32. The van der Waals surface area contributed by atoms with E-state index in [1.54, 1.807) is 6.20 Å². The Kier molecular flexibility index (Phi) is 4.67. The smallest absolute Gasteiger partial charge is 0.147 e. The molecule has 5 heterocycles. The Morgan fingerprint density at radius 1 is 0.933 bits per heavy atom. The molecule has 1 saturated heterocycles. The third-order valence-electron chi connectivity index (χ3n) is 5.36. The quantitative estimate of drug-likeness (QED) is 0.521. The predicted molar refractivity (Wildman–Crippen MR) is 117 cm³/mol. The van der Waals surface area contributed by atoms with E-state index in [-0.39, 0.29) is 12.2 Å². The van der Waals surface area contributed by atoms with Crippen LogP contribution in [-0.2, 0) is 4.74 Å². The summed E-state index contributed by atoms with van der Waals surface area (Å²) < 4.78 is 7.93. The molecule has 0 aliphatic carbocycles. The van der Waals surface area contributed by atoms with E-state index in [0.29, 0.717) is 0 Å². The molecule has 7 nitrogen and oxygen atoms in total. The number of anilines is 1. The molecule has 1 aliphatic rings. The van der Waals surface area contributed by atoms with Crippen molar-refractivity contribution in [1.82, 2.24) is 24.5 Å². The largest absolute Gasteiger partial charge is 0.372 e. The van der Waals surface area contributed by atoms with Crippen LogP contribution in [0.25, 0.3) is 28.1 Å². The Morgan fingerprint density at radius 3 is 2.47 bits per heavy atom. The van der Waals surface area contributed by atoms with E-state index in [0.717, 1.165) is 52.7 Å². The molecule has 5 rings (SSSR count). The third kappa shape index (κ3) is 3.41. The molecule has 4 aromatic heterocycles. The Balaban J connectivity index is 1.56. The molecule has 0 amide bonds. The van der Waals surface area contributed by atoms with Crippen LogP contribution >= 0.6 is 0 Å². The van der Waals surface area contributed by atoms with Crippen molar-refractivity contribution in [2.75, 3.05) is 18.0 Å². The van der Waals surface area contributed by atoms with E-state index in [1.807, 2.05) is 37.6 Å². The molecule has 1 aliphatic heterocycles. The molecular weight excluding hydrogens is 376 g/mol.